The zero-order valence-electron chi connectivity index (χ0n) is 18.3. The van der Waals surface area contributed by atoms with Crippen molar-refractivity contribution in [3.63, 3.8) is 0 Å². The summed E-state index contributed by atoms with van der Waals surface area (Å²) in [5.74, 6) is -4.37. The molecule has 5 rings (SSSR count). The van der Waals surface area contributed by atoms with E-state index >= 15 is 0 Å². The first-order valence-electron chi connectivity index (χ1n) is 11.2. The summed E-state index contributed by atoms with van der Waals surface area (Å²) in [6.07, 6.45) is 4.91. The van der Waals surface area contributed by atoms with E-state index in [1.807, 2.05) is 0 Å². The molecule has 0 aliphatic carbocycles. The van der Waals surface area contributed by atoms with Crippen LogP contribution in [-0.4, -0.2) is 63.7 Å². The van der Waals surface area contributed by atoms with Gasteiger partial charge in [-0.05, 0) is 36.2 Å². The Balaban J connectivity index is 1.39. The van der Waals surface area contributed by atoms with Gasteiger partial charge in [0.2, 0.25) is 5.91 Å². The van der Waals surface area contributed by atoms with Crippen LogP contribution in [0, 0.1) is 5.82 Å². The molecule has 2 aromatic heterocycles. The van der Waals surface area contributed by atoms with Crippen molar-refractivity contribution >= 4 is 17.3 Å². The van der Waals surface area contributed by atoms with Crippen LogP contribution in [0.25, 0.3) is 5.52 Å². The van der Waals surface area contributed by atoms with Crippen LogP contribution in [0.5, 0.6) is 0 Å². The van der Waals surface area contributed by atoms with E-state index in [1.165, 1.54) is 12.1 Å². The van der Waals surface area contributed by atoms with Crippen molar-refractivity contribution < 1.29 is 22.8 Å². The van der Waals surface area contributed by atoms with Crippen LogP contribution in [0.3, 0.4) is 0 Å². The average molecular weight is 471 g/mol. The molecule has 1 aromatic carbocycles. The number of hydrogen-bond donors (Lipinski definition) is 2. The quantitative estimate of drug-likeness (QED) is 0.613. The number of hydrogen-bond acceptors (Lipinski definition) is 4. The van der Waals surface area contributed by atoms with Crippen LogP contribution in [0.1, 0.15) is 34.7 Å². The molecule has 0 radical (unpaired) electrons. The Hall–Kier alpha value is -3.40. The van der Waals surface area contributed by atoms with Crippen molar-refractivity contribution in [3.05, 3.63) is 72.1 Å². The fourth-order valence-corrected chi connectivity index (χ4v) is 4.90. The van der Waals surface area contributed by atoms with Crippen molar-refractivity contribution in [2.75, 3.05) is 19.6 Å². The van der Waals surface area contributed by atoms with Gasteiger partial charge in [-0.15, -0.1) is 0 Å². The summed E-state index contributed by atoms with van der Waals surface area (Å²) in [5, 5.41) is 5.43. The fraction of sp³-hybridized carbons (Fsp3) is 0.375. The Morgan fingerprint density at radius 2 is 2.06 bits per heavy atom. The van der Waals surface area contributed by atoms with E-state index in [0.717, 1.165) is 0 Å². The van der Waals surface area contributed by atoms with Crippen LogP contribution in [0.15, 0.2) is 55.1 Å². The van der Waals surface area contributed by atoms with Crippen molar-refractivity contribution in [2.24, 2.45) is 0 Å². The normalized spacial score (nSPS) is 24.3. The molecule has 0 saturated carbocycles. The van der Waals surface area contributed by atoms with E-state index < -0.39 is 42.7 Å². The van der Waals surface area contributed by atoms with Gasteiger partial charge in [0, 0.05) is 31.6 Å². The molecule has 2 saturated heterocycles. The Morgan fingerprint density at radius 1 is 1.21 bits per heavy atom. The number of rotatable bonds is 4. The molecular weight excluding hydrogens is 447 g/mol. The van der Waals surface area contributed by atoms with Gasteiger partial charge in [-0.3, -0.25) is 14.9 Å². The number of fused-ring (bicyclic) bond motifs is 1. The molecule has 2 aliphatic heterocycles. The molecule has 34 heavy (non-hydrogen) atoms. The minimum Gasteiger partial charge on any atom is -0.350 e. The maximum atomic E-state index is 13.9. The molecule has 7 nitrogen and oxygen atoms in total. The zero-order valence-corrected chi connectivity index (χ0v) is 18.3. The molecule has 2 aliphatic rings. The minimum absolute atomic E-state index is 0.171. The molecule has 2 amide bonds. The van der Waals surface area contributed by atoms with Crippen molar-refractivity contribution in [2.45, 2.75) is 36.8 Å². The number of halogens is 3. The van der Waals surface area contributed by atoms with Crippen molar-refractivity contribution in [1.29, 1.82) is 0 Å². The lowest BCUT2D eigenvalue weighted by Gasteiger charge is -2.39. The van der Waals surface area contributed by atoms with Crippen LogP contribution in [0.4, 0.5) is 13.2 Å². The van der Waals surface area contributed by atoms with E-state index in [0.29, 0.717) is 29.6 Å². The maximum Gasteiger partial charge on any atom is 0.262 e. The first kappa shape index (κ1) is 22.4. The predicted octanol–water partition coefficient (Wildman–Crippen LogP) is 2.59. The van der Waals surface area contributed by atoms with Crippen molar-refractivity contribution in [3.8, 4) is 0 Å². The number of pyridine rings is 1. The van der Waals surface area contributed by atoms with Crippen LogP contribution in [0.2, 0.25) is 0 Å². The highest BCUT2D eigenvalue weighted by atomic mass is 19.3. The number of amides is 2. The van der Waals surface area contributed by atoms with Crippen LogP contribution in [-0.2, 0) is 4.79 Å². The smallest absolute Gasteiger partial charge is 0.262 e. The number of nitrogens with one attached hydrogen (secondary N) is 2. The van der Waals surface area contributed by atoms with Gasteiger partial charge in [0.05, 0.1) is 42.2 Å². The van der Waals surface area contributed by atoms with Gasteiger partial charge in [-0.1, -0.05) is 12.1 Å². The lowest BCUT2D eigenvalue weighted by molar-refractivity contribution is -0.124. The number of aromatic nitrogens is 2. The van der Waals surface area contributed by atoms with Gasteiger partial charge in [0.1, 0.15) is 5.82 Å². The van der Waals surface area contributed by atoms with Crippen LogP contribution >= 0.6 is 0 Å². The maximum absolute atomic E-state index is 13.9. The third kappa shape index (κ3) is 4.37. The standard InChI is InChI=1S/C24H24F3N5O2/c25-16-4-1-3-15(9-16)17-6-8-31(23(34)18-5-2-7-32-14-28-11-21(18)32)12-20(17)30-22(33)19-10-24(26,27)13-29-19/h1-5,7,9,11,14,17,19-20,29H,6,8,10,12-13H2,(H,30,33)/t17-,19+,20?/m0/s1. The molecule has 4 heterocycles. The van der Waals surface area contributed by atoms with Gasteiger partial charge in [0.15, 0.2) is 0 Å². The second kappa shape index (κ2) is 8.75. The van der Waals surface area contributed by atoms with Gasteiger partial charge in [-0.2, -0.15) is 0 Å². The first-order chi connectivity index (χ1) is 16.3. The molecule has 178 valence electrons. The van der Waals surface area contributed by atoms with Crippen LogP contribution < -0.4 is 10.6 Å². The molecule has 3 aromatic rings. The Bertz CT molecular complexity index is 1230. The number of carbonyl (C=O) groups is 2. The summed E-state index contributed by atoms with van der Waals surface area (Å²) in [6, 6.07) is 8.02. The number of benzene rings is 1. The molecule has 3 atom stereocenters. The van der Waals surface area contributed by atoms with Gasteiger partial charge < -0.3 is 14.6 Å². The van der Waals surface area contributed by atoms with Gasteiger partial charge >= 0.3 is 0 Å². The molecule has 0 spiro atoms. The monoisotopic (exact) mass is 471 g/mol. The molecular formula is C24H24F3N5O2. The first-order valence-corrected chi connectivity index (χ1v) is 11.2. The largest absolute Gasteiger partial charge is 0.350 e. The molecule has 0 bridgehead atoms. The summed E-state index contributed by atoms with van der Waals surface area (Å²) < 4.78 is 42.9. The predicted molar refractivity (Wildman–Crippen MR) is 118 cm³/mol. The Kier molecular flexibility index (Phi) is 5.76. The van der Waals surface area contributed by atoms with Crippen molar-refractivity contribution in [1.82, 2.24) is 24.9 Å². The Labute approximate surface area is 194 Å². The second-order valence-corrected chi connectivity index (χ2v) is 8.92. The van der Waals surface area contributed by atoms with E-state index in [1.54, 1.807) is 52.3 Å². The zero-order chi connectivity index (χ0) is 23.9. The minimum atomic E-state index is -2.94. The second-order valence-electron chi connectivity index (χ2n) is 8.92. The SMILES string of the molecule is O=C(NC1CN(C(=O)c2cccn3cncc23)CC[C@H]1c1cccc(F)c1)[C@H]1CC(F)(F)CN1. The topological polar surface area (TPSA) is 78.7 Å². The molecule has 1 unspecified atom stereocenters. The molecule has 10 heteroatoms. The Morgan fingerprint density at radius 3 is 2.82 bits per heavy atom. The highest BCUT2D eigenvalue weighted by Gasteiger charge is 2.43. The van der Waals surface area contributed by atoms with Gasteiger partial charge in [0.25, 0.3) is 11.8 Å². The summed E-state index contributed by atoms with van der Waals surface area (Å²) in [5.41, 5.74) is 1.84. The lowest BCUT2D eigenvalue weighted by Crippen LogP contribution is -2.55. The summed E-state index contributed by atoms with van der Waals surface area (Å²) in [4.78, 5) is 31.9. The summed E-state index contributed by atoms with van der Waals surface area (Å²) in [6.45, 7) is 0.0222. The number of likely N-dealkylation sites (tertiary alicyclic amines) is 1. The third-order valence-corrected chi connectivity index (χ3v) is 6.61. The van der Waals surface area contributed by atoms with E-state index in [4.69, 9.17) is 0 Å². The van der Waals surface area contributed by atoms with Gasteiger partial charge in [-0.25, -0.2) is 18.2 Å². The van der Waals surface area contributed by atoms with E-state index in [9.17, 15) is 22.8 Å². The average Bonchev–Trinajstić information content (AvgIpc) is 3.44. The third-order valence-electron chi connectivity index (χ3n) is 6.61. The highest BCUT2D eigenvalue weighted by Crippen LogP contribution is 2.31. The lowest BCUT2D eigenvalue weighted by atomic mass is 9.84. The summed E-state index contributed by atoms with van der Waals surface area (Å²) >= 11 is 0. The number of piperidine rings is 1. The fourth-order valence-electron chi connectivity index (χ4n) is 4.90. The number of imidazole rings is 1. The molecule has 2 N–H and O–H groups in total. The number of carbonyl (C=O) groups excluding carboxylic acids is 2. The highest BCUT2D eigenvalue weighted by molar-refractivity contribution is 6.00. The van der Waals surface area contributed by atoms with E-state index in [2.05, 4.69) is 15.6 Å². The van der Waals surface area contributed by atoms with E-state index in [-0.39, 0.29) is 18.4 Å². The molecule has 2 fully saturated rings. The number of alkyl halides is 2. The number of nitrogens with zero attached hydrogens (tertiary/aromatic N) is 3. The summed E-state index contributed by atoms with van der Waals surface area (Å²) in [7, 11) is 0.